The van der Waals surface area contributed by atoms with Crippen LogP contribution in [0.15, 0.2) is 85.7 Å². The lowest BCUT2D eigenvalue weighted by Crippen LogP contribution is -2.46. The summed E-state index contributed by atoms with van der Waals surface area (Å²) in [4.78, 5) is 75.7. The molecule has 0 spiro atoms. The number of benzene rings is 2. The third-order valence-electron chi connectivity index (χ3n) is 13.3. The fraction of sp³-hybridized carbons (Fsp3) is 0.370. The molecule has 8 aromatic rings. The second-order valence-electron chi connectivity index (χ2n) is 18.7. The van der Waals surface area contributed by atoms with Crippen LogP contribution in [0.25, 0.3) is 42.1 Å². The van der Waals surface area contributed by atoms with E-state index in [1.807, 2.05) is 73.9 Å². The molecule has 6 aromatic heterocycles. The lowest BCUT2D eigenvalue weighted by atomic mass is 9.89. The molecule has 2 aliphatic rings. The van der Waals surface area contributed by atoms with Crippen molar-refractivity contribution in [1.29, 1.82) is 0 Å². The molecule has 10 rings (SSSR count). The van der Waals surface area contributed by atoms with Gasteiger partial charge in [0.25, 0.3) is 0 Å². The highest BCUT2D eigenvalue weighted by Gasteiger charge is 2.35. The molecule has 0 aliphatic carbocycles. The van der Waals surface area contributed by atoms with Gasteiger partial charge in [0.1, 0.15) is 11.6 Å². The van der Waals surface area contributed by atoms with Gasteiger partial charge in [-0.2, -0.15) is 0 Å². The number of nitrogens with two attached hydrogens (primary N) is 2. The number of nitrogens with zero attached hydrogens (tertiary/aromatic N) is 9. The minimum atomic E-state index is -1.43. The number of carboxylic acid groups (broad SMARTS) is 1. The van der Waals surface area contributed by atoms with Crippen molar-refractivity contribution in [2.24, 2.45) is 25.9 Å². The van der Waals surface area contributed by atoms with Crippen LogP contribution in [-0.4, -0.2) is 92.9 Å². The number of nitrogens with one attached hydrogen (secondary N) is 2. The first-order valence-corrected chi connectivity index (χ1v) is 26.3. The molecule has 0 radical (unpaired) electrons. The van der Waals surface area contributed by atoms with Gasteiger partial charge in [-0.25, -0.2) is 34.7 Å². The Labute approximate surface area is 444 Å². The van der Waals surface area contributed by atoms with Crippen molar-refractivity contribution in [3.63, 3.8) is 0 Å². The van der Waals surface area contributed by atoms with Crippen LogP contribution in [0.2, 0.25) is 0 Å². The first-order chi connectivity index (χ1) is 36.5. The van der Waals surface area contributed by atoms with Gasteiger partial charge in [0, 0.05) is 64.1 Å². The number of pyridine rings is 2. The van der Waals surface area contributed by atoms with E-state index in [1.165, 1.54) is 35.5 Å². The summed E-state index contributed by atoms with van der Waals surface area (Å²) in [7, 11) is 2.95. The molecule has 2 amide bonds. The third-order valence-corrected chi connectivity index (χ3v) is 15.3. The van der Waals surface area contributed by atoms with Gasteiger partial charge in [-0.15, -0.1) is 22.7 Å². The maximum Gasteiger partial charge on any atom is 0.372 e. The number of carbonyl (C=O) groups excluding carboxylic acids is 3. The summed E-state index contributed by atoms with van der Waals surface area (Å²) in [6, 6.07) is 16.6. The number of likely N-dealkylation sites (tertiary alicyclic amines) is 1. The molecule has 4 atom stereocenters. The van der Waals surface area contributed by atoms with Gasteiger partial charge < -0.3 is 41.2 Å². The van der Waals surface area contributed by atoms with E-state index in [4.69, 9.17) is 27.9 Å². The second kappa shape index (κ2) is 25.2. The molecule has 0 bridgehead atoms. The van der Waals surface area contributed by atoms with Crippen LogP contribution in [0.4, 0.5) is 21.7 Å². The van der Waals surface area contributed by atoms with Gasteiger partial charge in [0.2, 0.25) is 5.78 Å². The molecule has 75 heavy (non-hydrogen) atoms. The number of aliphatic carboxylic acids is 1. The molecular weight excluding hydrogens is 994 g/mol. The predicted molar refractivity (Wildman–Crippen MR) is 294 cm³/mol. The highest BCUT2D eigenvalue weighted by molar-refractivity contribution is 7.22. The molecular formula is C54H64FN13O5S2. The van der Waals surface area contributed by atoms with E-state index < -0.39 is 30.7 Å². The number of amides is 2. The fourth-order valence-electron chi connectivity index (χ4n) is 9.05. The van der Waals surface area contributed by atoms with Crippen LogP contribution >= 0.6 is 22.7 Å². The summed E-state index contributed by atoms with van der Waals surface area (Å²) in [6.07, 6.45) is 15.8. The Kier molecular flexibility index (Phi) is 18.0. The van der Waals surface area contributed by atoms with Crippen molar-refractivity contribution >= 4 is 84.0 Å². The Morgan fingerprint density at radius 3 is 1.89 bits per heavy atom. The number of carboxylic acids is 1. The SMILES string of the molecule is CCc1cc(CC(=O)C(=O)O)cnc1N.CCc1cc(NC(=O)C(=O)N2C[C@@H](C)CC[C@@H]2c2ccc3sc(-c4nccn4C)nc3c2)cnc1N.C[C@H]1CC[C@H](c2ccc3sc(-c4nccn4C)nc3c2)NC1.[2H]CF. The number of thiazole rings is 2. The Hall–Kier alpha value is -7.49. The van der Waals surface area contributed by atoms with Crippen molar-refractivity contribution < 1.29 is 30.0 Å². The van der Waals surface area contributed by atoms with E-state index in [0.717, 1.165) is 79.4 Å². The van der Waals surface area contributed by atoms with Gasteiger partial charge in [-0.1, -0.05) is 45.9 Å². The molecule has 18 nitrogen and oxygen atoms in total. The maximum atomic E-state index is 13.4. The topological polar surface area (TPSA) is 255 Å². The number of aryl methyl sites for hydroxylation is 4. The van der Waals surface area contributed by atoms with E-state index >= 15 is 0 Å². The molecule has 2 aliphatic heterocycles. The predicted octanol–water partition coefficient (Wildman–Crippen LogP) is 8.94. The highest BCUT2D eigenvalue weighted by Crippen LogP contribution is 2.37. The number of fused-ring (bicyclic) bond motifs is 2. The quantitative estimate of drug-likeness (QED) is 0.0802. The molecule has 8 heterocycles. The summed E-state index contributed by atoms with van der Waals surface area (Å²) in [5.41, 5.74) is 18.4. The zero-order valence-electron chi connectivity index (χ0n) is 43.9. The van der Waals surface area contributed by atoms with E-state index in [0.29, 0.717) is 54.2 Å². The molecule has 2 saturated heterocycles. The van der Waals surface area contributed by atoms with Gasteiger partial charge in [0.15, 0.2) is 21.7 Å². The minimum Gasteiger partial charge on any atom is -0.475 e. The Morgan fingerprint density at radius 1 is 0.787 bits per heavy atom. The number of hydrogen-bond acceptors (Lipinski definition) is 15. The number of nitrogen functional groups attached to an aromatic ring is 2. The number of ketones is 1. The molecule has 2 fully saturated rings. The van der Waals surface area contributed by atoms with Crippen molar-refractivity contribution in [3.8, 4) is 21.7 Å². The van der Waals surface area contributed by atoms with Crippen LogP contribution in [0, 0.1) is 11.8 Å². The summed E-state index contributed by atoms with van der Waals surface area (Å²) >= 11 is 3.30. The van der Waals surface area contributed by atoms with Crippen molar-refractivity contribution in [1.82, 2.24) is 49.3 Å². The van der Waals surface area contributed by atoms with E-state index in [9.17, 15) is 23.6 Å². The summed E-state index contributed by atoms with van der Waals surface area (Å²) in [5.74, 6) is 0.208. The number of halogens is 1. The second-order valence-corrected chi connectivity index (χ2v) is 20.8. The molecule has 0 unspecified atom stereocenters. The van der Waals surface area contributed by atoms with Crippen molar-refractivity contribution in [2.45, 2.75) is 84.7 Å². The average Bonchev–Trinajstić information content (AvgIpc) is 4.24. The molecule has 21 heteroatoms. The zero-order chi connectivity index (χ0) is 54.6. The minimum absolute atomic E-state index is 0.143. The Morgan fingerprint density at radius 2 is 1.35 bits per heavy atom. The largest absolute Gasteiger partial charge is 0.475 e. The van der Waals surface area contributed by atoms with E-state index in [-0.39, 0.29) is 12.5 Å². The van der Waals surface area contributed by atoms with Crippen molar-refractivity contribution in [3.05, 3.63) is 114 Å². The summed E-state index contributed by atoms with van der Waals surface area (Å²) in [5, 5.41) is 16.6. The van der Waals surface area contributed by atoms with Crippen LogP contribution in [0.5, 0.6) is 0 Å². The first-order valence-electron chi connectivity index (χ1n) is 25.4. The van der Waals surface area contributed by atoms with Crippen LogP contribution in [-0.2, 0) is 52.5 Å². The first kappa shape index (κ1) is 53.8. The Balaban J connectivity index is 0.000000178. The Bertz CT molecular complexity index is 3310. The summed E-state index contributed by atoms with van der Waals surface area (Å²) < 4.78 is 21.7. The molecule has 0 saturated carbocycles. The average molecular weight is 1060 g/mol. The number of anilines is 3. The molecule has 7 N–H and O–H groups in total. The molecule has 2 aromatic carbocycles. The monoisotopic (exact) mass is 1060 g/mol. The third kappa shape index (κ3) is 13.4. The van der Waals surface area contributed by atoms with Crippen LogP contribution < -0.4 is 22.1 Å². The fourth-order valence-corrected chi connectivity index (χ4v) is 11.0. The summed E-state index contributed by atoms with van der Waals surface area (Å²) in [6.45, 7) is 9.92. The number of alkyl halides is 1. The van der Waals surface area contributed by atoms with Gasteiger partial charge in [-0.05, 0) is 115 Å². The number of aromatic nitrogens is 8. The van der Waals surface area contributed by atoms with Gasteiger partial charge in [-0.3, -0.25) is 18.8 Å². The number of Topliss-reactive ketones (excluding diaryl/α,β-unsaturated/α-hetero) is 1. The van der Waals surface area contributed by atoms with Crippen LogP contribution in [0.1, 0.15) is 94.6 Å². The van der Waals surface area contributed by atoms with Gasteiger partial charge >= 0.3 is 17.8 Å². The van der Waals surface area contributed by atoms with Gasteiger partial charge in [0.05, 0.1) is 46.9 Å². The number of hydrogen-bond donors (Lipinski definition) is 5. The maximum absolute atomic E-state index is 13.4. The number of carbonyl (C=O) groups is 4. The van der Waals surface area contributed by atoms with Crippen molar-refractivity contribution in [2.75, 3.05) is 37.0 Å². The lowest BCUT2D eigenvalue weighted by Gasteiger charge is -2.38. The molecule has 394 valence electrons. The highest BCUT2D eigenvalue weighted by atomic mass is 32.1. The zero-order valence-corrected chi connectivity index (χ0v) is 44.6. The number of imidazole rings is 2. The smallest absolute Gasteiger partial charge is 0.372 e. The number of rotatable bonds is 10. The van der Waals surface area contributed by atoms with Crippen LogP contribution in [0.3, 0.4) is 0 Å². The van der Waals surface area contributed by atoms with E-state index in [1.54, 1.807) is 45.9 Å². The number of piperidine rings is 2. The lowest BCUT2D eigenvalue weighted by molar-refractivity contribution is -0.148. The normalized spacial score (nSPS) is 17.4. The van der Waals surface area contributed by atoms with E-state index in [2.05, 4.69) is 62.6 Å². The standard InChI is InChI=1S/C26H29N7O2S.C17H20N4S.C10H12N2O3.CH3F/c1-4-16-11-18(13-29-22(16)27)30-24(34)26(35)33-14-15(2)5-7-20(33)17-6-8-21-19(12-17)31-25(36-21)23-28-9-10-32(23)3;1-11-3-5-13(19-10-11)12-4-6-15-14(9-12)20-17(22-15)16-18-7-8-21(16)2;1-2-7-3-6(5-12-9(7)11)4-8(13)10(14)15;1-2/h6,8-13,15,20H,4-5,7,14H2,1-3H3,(H2,27,29)(H,30,34);4,6-9,11,13,19H,3,5,10H2,1-2H3;3,5H,2,4H2,1H3,(H2,11,12)(H,14,15);1H3/t15-,20+;11-,13+;;/m00../s1/i;;;1D.